The van der Waals surface area contributed by atoms with Gasteiger partial charge in [-0.15, -0.1) is 0 Å². The monoisotopic (exact) mass is 376 g/mol. The highest BCUT2D eigenvalue weighted by atomic mass is 14.5. The minimum atomic E-state index is -0.273. The minimum absolute atomic E-state index is 0.273. The van der Waals surface area contributed by atoms with Crippen molar-refractivity contribution in [2.24, 2.45) is 0 Å². The van der Waals surface area contributed by atoms with Gasteiger partial charge in [0.15, 0.2) is 0 Å². The van der Waals surface area contributed by atoms with E-state index in [0.717, 1.165) is 6.42 Å². The van der Waals surface area contributed by atoms with Crippen molar-refractivity contribution < 1.29 is 0 Å². The quantitative estimate of drug-likeness (QED) is 0.428. The molecule has 0 N–H and O–H groups in total. The second kappa shape index (κ2) is 8.09. The van der Waals surface area contributed by atoms with E-state index in [9.17, 15) is 0 Å². The van der Waals surface area contributed by atoms with Crippen molar-refractivity contribution in [1.29, 1.82) is 0 Å². The second-order valence-corrected chi connectivity index (χ2v) is 7.40. The molecule has 0 aliphatic heterocycles. The van der Waals surface area contributed by atoms with Crippen molar-refractivity contribution >= 4 is 0 Å². The summed E-state index contributed by atoms with van der Waals surface area (Å²) in [6.45, 7) is 6.18. The Morgan fingerprint density at radius 3 is 2.03 bits per heavy atom. The van der Waals surface area contributed by atoms with Gasteiger partial charge in [-0.3, -0.25) is 0 Å². The summed E-state index contributed by atoms with van der Waals surface area (Å²) >= 11 is 0. The summed E-state index contributed by atoms with van der Waals surface area (Å²) in [6, 6.07) is 26.8. The predicted octanol–water partition coefficient (Wildman–Crippen LogP) is 7.78. The minimum Gasteiger partial charge on any atom is -0.0807 e. The molecule has 2 aliphatic rings. The SMILES string of the molecule is CC.Cc1cccc(C2(C3=CC=CCC=C3)c3ccccc3-c3ccccc32)c1. The van der Waals surface area contributed by atoms with E-state index in [0.29, 0.717) is 0 Å². The fourth-order valence-electron chi connectivity index (χ4n) is 4.73. The molecular weight excluding hydrogens is 348 g/mol. The standard InChI is InChI=1S/C27H22.C2H6/c1-20-11-10-14-22(19-20)27(21-12-4-2-3-5-13-21)25-17-8-6-15-23(25)24-16-7-9-18-26(24)27;1-2/h2,4-19H,3H2,1H3;1-2H3. The van der Waals surface area contributed by atoms with Crippen LogP contribution in [0.4, 0.5) is 0 Å². The van der Waals surface area contributed by atoms with Crippen LogP contribution in [0.5, 0.6) is 0 Å². The van der Waals surface area contributed by atoms with E-state index < -0.39 is 0 Å². The topological polar surface area (TPSA) is 0 Å². The van der Waals surface area contributed by atoms with Crippen LogP contribution in [0.3, 0.4) is 0 Å². The lowest BCUT2D eigenvalue weighted by atomic mass is 9.67. The number of hydrogen-bond donors (Lipinski definition) is 0. The van der Waals surface area contributed by atoms with Gasteiger partial charge in [0.2, 0.25) is 0 Å². The molecule has 5 rings (SSSR count). The zero-order valence-corrected chi connectivity index (χ0v) is 17.5. The van der Waals surface area contributed by atoms with Gasteiger partial charge in [-0.2, -0.15) is 0 Å². The third-order valence-corrected chi connectivity index (χ3v) is 5.82. The maximum atomic E-state index is 2.35. The number of aryl methyl sites for hydroxylation is 1. The molecule has 0 fully saturated rings. The summed E-state index contributed by atoms with van der Waals surface area (Å²) in [5.74, 6) is 0. The van der Waals surface area contributed by atoms with Crippen molar-refractivity contribution in [3.8, 4) is 11.1 Å². The molecule has 0 bridgehead atoms. The largest absolute Gasteiger partial charge is 0.0807 e. The molecule has 0 nitrogen and oxygen atoms in total. The van der Waals surface area contributed by atoms with Crippen molar-refractivity contribution in [2.75, 3.05) is 0 Å². The van der Waals surface area contributed by atoms with Crippen molar-refractivity contribution in [3.05, 3.63) is 131 Å². The molecule has 0 radical (unpaired) electrons. The molecule has 0 heteroatoms. The summed E-state index contributed by atoms with van der Waals surface area (Å²) in [4.78, 5) is 0. The Morgan fingerprint density at radius 1 is 0.724 bits per heavy atom. The molecule has 0 saturated heterocycles. The van der Waals surface area contributed by atoms with Gasteiger partial charge in [0.25, 0.3) is 0 Å². The average molecular weight is 377 g/mol. The van der Waals surface area contributed by atoms with Crippen LogP contribution in [0.25, 0.3) is 11.1 Å². The van der Waals surface area contributed by atoms with Gasteiger partial charge in [-0.05, 0) is 46.7 Å². The molecule has 29 heavy (non-hydrogen) atoms. The molecule has 0 saturated carbocycles. The Kier molecular flexibility index (Phi) is 5.36. The second-order valence-electron chi connectivity index (χ2n) is 7.40. The summed E-state index contributed by atoms with van der Waals surface area (Å²) in [7, 11) is 0. The molecule has 0 heterocycles. The van der Waals surface area contributed by atoms with E-state index in [-0.39, 0.29) is 5.41 Å². The number of allylic oxidation sites excluding steroid dienone is 6. The van der Waals surface area contributed by atoms with Gasteiger partial charge in [0.05, 0.1) is 5.41 Å². The summed E-state index contributed by atoms with van der Waals surface area (Å²) in [5, 5.41) is 0. The first-order valence-corrected chi connectivity index (χ1v) is 10.6. The van der Waals surface area contributed by atoms with Crippen LogP contribution in [-0.4, -0.2) is 0 Å². The Labute approximate surface area is 174 Å². The third-order valence-electron chi connectivity index (χ3n) is 5.82. The van der Waals surface area contributed by atoms with Crippen LogP contribution in [0.15, 0.2) is 109 Å². The molecule has 144 valence electrons. The maximum absolute atomic E-state index is 2.35. The highest BCUT2D eigenvalue weighted by molar-refractivity contribution is 5.86. The van der Waals surface area contributed by atoms with Crippen molar-refractivity contribution in [2.45, 2.75) is 32.6 Å². The molecule has 0 amide bonds. The van der Waals surface area contributed by atoms with E-state index in [1.807, 2.05) is 13.8 Å². The van der Waals surface area contributed by atoms with E-state index in [1.165, 1.54) is 39.0 Å². The zero-order chi connectivity index (χ0) is 20.3. The van der Waals surface area contributed by atoms with Gasteiger partial charge in [-0.1, -0.05) is 123 Å². The van der Waals surface area contributed by atoms with Gasteiger partial charge >= 0.3 is 0 Å². The summed E-state index contributed by atoms with van der Waals surface area (Å²) in [5.41, 5.74) is 9.14. The van der Waals surface area contributed by atoms with Crippen LogP contribution >= 0.6 is 0 Å². The number of fused-ring (bicyclic) bond motifs is 3. The van der Waals surface area contributed by atoms with Gasteiger partial charge in [-0.25, -0.2) is 0 Å². The van der Waals surface area contributed by atoms with E-state index in [2.05, 4.69) is 110 Å². The van der Waals surface area contributed by atoms with Gasteiger partial charge < -0.3 is 0 Å². The van der Waals surface area contributed by atoms with E-state index >= 15 is 0 Å². The Bertz CT molecular complexity index is 1060. The predicted molar refractivity (Wildman–Crippen MR) is 125 cm³/mol. The van der Waals surface area contributed by atoms with Crippen LogP contribution in [0.2, 0.25) is 0 Å². The van der Waals surface area contributed by atoms with Crippen LogP contribution in [0.1, 0.15) is 42.5 Å². The number of hydrogen-bond acceptors (Lipinski definition) is 0. The lowest BCUT2D eigenvalue weighted by molar-refractivity contribution is 0.766. The van der Waals surface area contributed by atoms with Crippen molar-refractivity contribution in [1.82, 2.24) is 0 Å². The van der Waals surface area contributed by atoms with E-state index in [4.69, 9.17) is 0 Å². The number of benzene rings is 3. The molecule has 0 unspecified atom stereocenters. The first-order chi connectivity index (χ1) is 14.3. The highest BCUT2D eigenvalue weighted by Crippen LogP contribution is 2.56. The fraction of sp³-hybridized carbons (Fsp3) is 0.172. The average Bonchev–Trinajstić information content (AvgIpc) is 2.90. The fourth-order valence-corrected chi connectivity index (χ4v) is 4.73. The van der Waals surface area contributed by atoms with E-state index in [1.54, 1.807) is 0 Å². The lowest BCUT2D eigenvalue weighted by Gasteiger charge is -2.34. The Balaban J connectivity index is 0.000000994. The maximum Gasteiger partial charge on any atom is 0.0713 e. The van der Waals surface area contributed by atoms with Crippen LogP contribution in [0, 0.1) is 6.92 Å². The third kappa shape index (κ3) is 3.00. The van der Waals surface area contributed by atoms with Gasteiger partial charge in [0, 0.05) is 0 Å². The smallest absolute Gasteiger partial charge is 0.0713 e. The van der Waals surface area contributed by atoms with Crippen LogP contribution < -0.4 is 0 Å². The molecule has 0 atom stereocenters. The summed E-state index contributed by atoms with van der Waals surface area (Å²) < 4.78 is 0. The first-order valence-electron chi connectivity index (χ1n) is 10.6. The van der Waals surface area contributed by atoms with Crippen molar-refractivity contribution in [3.63, 3.8) is 0 Å². The molecular formula is C29H28. The number of rotatable bonds is 2. The Morgan fingerprint density at radius 2 is 1.38 bits per heavy atom. The normalized spacial score (nSPS) is 15.5. The van der Waals surface area contributed by atoms with Gasteiger partial charge in [0.1, 0.15) is 0 Å². The molecule has 0 aromatic heterocycles. The lowest BCUT2D eigenvalue weighted by Crippen LogP contribution is -2.29. The Hall–Kier alpha value is -3.12. The summed E-state index contributed by atoms with van der Waals surface area (Å²) in [6.07, 6.45) is 12.3. The molecule has 0 spiro atoms. The molecule has 3 aromatic rings. The van der Waals surface area contributed by atoms with Crippen LogP contribution in [-0.2, 0) is 5.41 Å². The molecule has 3 aromatic carbocycles. The molecule has 2 aliphatic carbocycles. The zero-order valence-electron chi connectivity index (χ0n) is 17.5. The first kappa shape index (κ1) is 19.2. The highest BCUT2D eigenvalue weighted by Gasteiger charge is 2.46.